The first-order valence-corrected chi connectivity index (χ1v) is 9.59. The van der Waals surface area contributed by atoms with E-state index in [0.717, 1.165) is 37.6 Å². The lowest BCUT2D eigenvalue weighted by atomic mass is 10.1. The molecule has 1 saturated heterocycles. The Morgan fingerprint density at radius 1 is 1.00 bits per heavy atom. The van der Waals surface area contributed by atoms with E-state index in [1.54, 1.807) is 0 Å². The summed E-state index contributed by atoms with van der Waals surface area (Å²) >= 11 is 0. The van der Waals surface area contributed by atoms with Crippen LogP contribution in [0, 0.1) is 5.82 Å². The first kappa shape index (κ1) is 17.1. The van der Waals surface area contributed by atoms with E-state index in [1.807, 2.05) is 30.3 Å². The number of hydrogen-bond acceptors (Lipinski definition) is 3. The topological polar surface area (TPSA) is 49.4 Å². The molecule has 1 aliphatic rings. The summed E-state index contributed by atoms with van der Waals surface area (Å²) in [5, 5.41) is 0. The van der Waals surface area contributed by atoms with E-state index in [1.165, 1.54) is 18.2 Å². The molecule has 0 saturated carbocycles. The fraction of sp³-hybridized carbons (Fsp3) is 0.333. The molecule has 4 nitrogen and oxygen atoms in total. The smallest absolute Gasteiger partial charge is 0.243 e. The van der Waals surface area contributed by atoms with E-state index < -0.39 is 15.8 Å². The minimum atomic E-state index is -3.88. The van der Waals surface area contributed by atoms with Crippen LogP contribution in [-0.2, 0) is 10.0 Å². The molecular formula is C18H21FN2O2S. The quantitative estimate of drug-likeness (QED) is 0.873. The number of rotatable bonds is 6. The van der Waals surface area contributed by atoms with Crippen LogP contribution in [-0.4, -0.2) is 33.0 Å². The Hall–Kier alpha value is -1.76. The van der Waals surface area contributed by atoms with Crippen LogP contribution in [0.1, 0.15) is 24.4 Å². The van der Waals surface area contributed by atoms with E-state index in [2.05, 4.69) is 9.62 Å². The van der Waals surface area contributed by atoms with Crippen LogP contribution in [0.15, 0.2) is 59.5 Å². The maximum Gasteiger partial charge on any atom is 0.243 e. The Labute approximate surface area is 142 Å². The molecule has 0 radical (unpaired) electrons. The molecule has 1 heterocycles. The zero-order valence-electron chi connectivity index (χ0n) is 13.4. The first-order valence-electron chi connectivity index (χ1n) is 8.11. The molecule has 2 aromatic rings. The Kier molecular flexibility index (Phi) is 5.28. The van der Waals surface area contributed by atoms with Crippen molar-refractivity contribution in [2.24, 2.45) is 0 Å². The highest BCUT2D eigenvalue weighted by atomic mass is 32.2. The van der Waals surface area contributed by atoms with Crippen LogP contribution >= 0.6 is 0 Å². The van der Waals surface area contributed by atoms with Crippen molar-refractivity contribution in [1.29, 1.82) is 0 Å². The van der Waals surface area contributed by atoms with Crippen molar-refractivity contribution < 1.29 is 12.8 Å². The van der Waals surface area contributed by atoms with Crippen molar-refractivity contribution in [3.8, 4) is 0 Å². The Morgan fingerprint density at radius 3 is 2.29 bits per heavy atom. The van der Waals surface area contributed by atoms with Gasteiger partial charge in [-0.2, -0.15) is 0 Å². The maximum atomic E-state index is 13.8. The van der Waals surface area contributed by atoms with Crippen LogP contribution in [0.4, 0.5) is 4.39 Å². The van der Waals surface area contributed by atoms with Crippen molar-refractivity contribution in [3.63, 3.8) is 0 Å². The van der Waals surface area contributed by atoms with Crippen molar-refractivity contribution in [2.75, 3.05) is 19.6 Å². The molecule has 0 spiro atoms. The summed E-state index contributed by atoms with van der Waals surface area (Å²) in [5.41, 5.74) is 1.07. The number of hydrogen-bond donors (Lipinski definition) is 1. The second-order valence-electron chi connectivity index (χ2n) is 5.95. The zero-order chi connectivity index (χ0) is 17.0. The van der Waals surface area contributed by atoms with Gasteiger partial charge in [0.2, 0.25) is 10.0 Å². The molecular weight excluding hydrogens is 327 g/mol. The summed E-state index contributed by atoms with van der Waals surface area (Å²) in [6, 6.07) is 15.2. The van der Waals surface area contributed by atoms with E-state index in [9.17, 15) is 12.8 Å². The number of benzene rings is 2. The van der Waals surface area contributed by atoms with Gasteiger partial charge in [-0.1, -0.05) is 42.5 Å². The van der Waals surface area contributed by atoms with Crippen LogP contribution in [0.2, 0.25) is 0 Å². The van der Waals surface area contributed by atoms with Crippen LogP contribution in [0.5, 0.6) is 0 Å². The third kappa shape index (κ3) is 3.83. The molecule has 0 aromatic heterocycles. The Bertz CT molecular complexity index is 775. The summed E-state index contributed by atoms with van der Waals surface area (Å²) in [4.78, 5) is 1.97. The molecule has 6 heteroatoms. The van der Waals surface area contributed by atoms with E-state index >= 15 is 0 Å². The largest absolute Gasteiger partial charge is 0.295 e. The highest BCUT2D eigenvalue weighted by Gasteiger charge is 2.26. The molecule has 1 aliphatic heterocycles. The van der Waals surface area contributed by atoms with E-state index in [4.69, 9.17) is 0 Å². The first-order chi connectivity index (χ1) is 11.6. The SMILES string of the molecule is O=S(=O)(NC[C@H](c1ccccc1)N1CCCC1)c1ccccc1F. The molecule has 128 valence electrons. The monoisotopic (exact) mass is 348 g/mol. The highest BCUT2D eigenvalue weighted by Crippen LogP contribution is 2.25. The van der Waals surface area contributed by atoms with Gasteiger partial charge in [-0.3, -0.25) is 4.90 Å². The highest BCUT2D eigenvalue weighted by molar-refractivity contribution is 7.89. The Balaban J connectivity index is 1.80. The van der Waals surface area contributed by atoms with Crippen LogP contribution < -0.4 is 4.72 Å². The van der Waals surface area contributed by atoms with Gasteiger partial charge in [0.1, 0.15) is 10.7 Å². The lowest BCUT2D eigenvalue weighted by Crippen LogP contribution is -2.37. The lowest BCUT2D eigenvalue weighted by Gasteiger charge is -2.28. The van der Waals surface area contributed by atoms with Crippen molar-refractivity contribution in [3.05, 3.63) is 66.0 Å². The second-order valence-corrected chi connectivity index (χ2v) is 7.69. The van der Waals surface area contributed by atoms with Gasteiger partial charge in [0.25, 0.3) is 0 Å². The third-order valence-electron chi connectivity index (χ3n) is 4.36. The van der Waals surface area contributed by atoms with Crippen LogP contribution in [0.3, 0.4) is 0 Å². The minimum Gasteiger partial charge on any atom is -0.295 e. The van der Waals surface area contributed by atoms with Gasteiger partial charge >= 0.3 is 0 Å². The zero-order valence-corrected chi connectivity index (χ0v) is 14.2. The number of halogens is 1. The average Bonchev–Trinajstić information content (AvgIpc) is 3.10. The molecule has 24 heavy (non-hydrogen) atoms. The predicted octanol–water partition coefficient (Wildman–Crippen LogP) is 2.94. The molecule has 0 amide bonds. The Morgan fingerprint density at radius 2 is 1.62 bits per heavy atom. The number of nitrogens with one attached hydrogen (secondary N) is 1. The molecule has 3 rings (SSSR count). The van der Waals surface area contributed by atoms with Gasteiger partial charge in [0.05, 0.1) is 0 Å². The molecule has 2 aromatic carbocycles. The number of sulfonamides is 1. The van der Waals surface area contributed by atoms with Gasteiger partial charge in [-0.25, -0.2) is 17.5 Å². The summed E-state index contributed by atoms with van der Waals surface area (Å²) in [6.45, 7) is 2.11. The average molecular weight is 348 g/mol. The van der Waals surface area contributed by atoms with Crippen molar-refractivity contribution >= 4 is 10.0 Å². The van der Waals surface area contributed by atoms with Gasteiger partial charge in [0.15, 0.2) is 0 Å². The standard InChI is InChI=1S/C18H21FN2O2S/c19-16-10-4-5-11-18(16)24(22,23)20-14-17(21-12-6-7-13-21)15-8-2-1-3-9-15/h1-5,8-11,17,20H,6-7,12-14H2/t17-/m1/s1. The van der Waals surface area contributed by atoms with E-state index in [-0.39, 0.29) is 17.5 Å². The summed E-state index contributed by atoms with van der Waals surface area (Å²) in [7, 11) is -3.88. The number of nitrogens with zero attached hydrogens (tertiary/aromatic N) is 1. The van der Waals surface area contributed by atoms with Gasteiger partial charge in [0, 0.05) is 12.6 Å². The number of likely N-dealkylation sites (tertiary alicyclic amines) is 1. The van der Waals surface area contributed by atoms with Crippen molar-refractivity contribution in [2.45, 2.75) is 23.8 Å². The predicted molar refractivity (Wildman–Crippen MR) is 91.6 cm³/mol. The van der Waals surface area contributed by atoms with E-state index in [0.29, 0.717) is 0 Å². The molecule has 0 bridgehead atoms. The fourth-order valence-corrected chi connectivity index (χ4v) is 4.23. The van der Waals surface area contributed by atoms with Gasteiger partial charge in [-0.15, -0.1) is 0 Å². The minimum absolute atomic E-state index is 0.0461. The third-order valence-corrected chi connectivity index (χ3v) is 5.82. The molecule has 1 atom stereocenters. The fourth-order valence-electron chi connectivity index (χ4n) is 3.12. The van der Waals surface area contributed by atoms with Gasteiger partial charge < -0.3 is 0 Å². The molecule has 0 unspecified atom stereocenters. The molecule has 1 N–H and O–H groups in total. The summed E-state index contributed by atoms with van der Waals surface area (Å²) in [6.07, 6.45) is 2.23. The van der Waals surface area contributed by atoms with Crippen LogP contribution in [0.25, 0.3) is 0 Å². The molecule has 1 fully saturated rings. The maximum absolute atomic E-state index is 13.8. The van der Waals surface area contributed by atoms with Gasteiger partial charge in [-0.05, 0) is 43.6 Å². The summed E-state index contributed by atoms with van der Waals surface area (Å²) in [5.74, 6) is -0.734. The van der Waals surface area contributed by atoms with Crippen molar-refractivity contribution in [1.82, 2.24) is 9.62 Å². The molecule has 0 aliphatic carbocycles. The second kappa shape index (κ2) is 7.42. The lowest BCUT2D eigenvalue weighted by molar-refractivity contribution is 0.246. The normalized spacial score (nSPS) is 17.0. The summed E-state index contributed by atoms with van der Waals surface area (Å²) < 4.78 is 41.3.